The number of amides is 1. The summed E-state index contributed by atoms with van der Waals surface area (Å²) < 4.78 is 5.97. The zero-order valence-electron chi connectivity index (χ0n) is 15.4. The minimum absolute atomic E-state index is 0.0144. The van der Waals surface area contributed by atoms with Crippen molar-refractivity contribution in [3.8, 4) is 5.75 Å². The number of carbonyl (C=O) groups excluding carboxylic acids is 1. The molecule has 0 saturated carbocycles. The van der Waals surface area contributed by atoms with Gasteiger partial charge in [0.25, 0.3) is 0 Å². The van der Waals surface area contributed by atoms with Crippen molar-refractivity contribution in [1.82, 2.24) is 15.5 Å². The Balaban J connectivity index is 1.37. The van der Waals surface area contributed by atoms with Crippen LogP contribution in [0.4, 0.5) is 0 Å². The second-order valence-corrected chi connectivity index (χ2v) is 7.89. The molecule has 3 atom stereocenters. The van der Waals surface area contributed by atoms with E-state index >= 15 is 0 Å². The summed E-state index contributed by atoms with van der Waals surface area (Å²) in [6.07, 6.45) is 4.49. The maximum atomic E-state index is 13.0. The number of nitrogens with one attached hydrogen (secondary N) is 2. The molecule has 1 aliphatic carbocycles. The van der Waals surface area contributed by atoms with Crippen molar-refractivity contribution in [2.45, 2.75) is 38.1 Å². The Kier molecular flexibility index (Phi) is 3.88. The Labute approximate surface area is 158 Å². The third-order valence-corrected chi connectivity index (χ3v) is 5.86. The summed E-state index contributed by atoms with van der Waals surface area (Å²) in [6.45, 7) is 2.71. The first-order valence-corrected chi connectivity index (χ1v) is 9.65. The van der Waals surface area contributed by atoms with Crippen LogP contribution < -0.4 is 10.1 Å². The quantitative estimate of drug-likeness (QED) is 0.736. The van der Waals surface area contributed by atoms with Crippen LogP contribution in [-0.2, 0) is 17.6 Å². The van der Waals surface area contributed by atoms with Crippen LogP contribution >= 0.6 is 0 Å². The lowest BCUT2D eigenvalue weighted by molar-refractivity contribution is -0.124. The molecular weight excluding hydrogens is 338 g/mol. The minimum atomic E-state index is -0.153. The summed E-state index contributed by atoms with van der Waals surface area (Å²) in [5.74, 6) is 1.34. The molecule has 0 saturated heterocycles. The van der Waals surface area contributed by atoms with Crippen LogP contribution in [0.2, 0.25) is 0 Å². The molecule has 0 spiro atoms. The van der Waals surface area contributed by atoms with E-state index in [4.69, 9.17) is 4.74 Å². The third kappa shape index (κ3) is 2.87. The summed E-state index contributed by atoms with van der Waals surface area (Å²) in [6, 6.07) is 12.4. The second kappa shape index (κ2) is 6.41. The van der Waals surface area contributed by atoms with E-state index < -0.39 is 0 Å². The van der Waals surface area contributed by atoms with Gasteiger partial charge in [-0.3, -0.25) is 9.89 Å². The van der Waals surface area contributed by atoms with Crippen LogP contribution in [0.1, 0.15) is 36.1 Å². The van der Waals surface area contributed by atoms with Gasteiger partial charge in [-0.15, -0.1) is 0 Å². The molecule has 1 amide bonds. The summed E-state index contributed by atoms with van der Waals surface area (Å²) in [5.41, 5.74) is 3.34. The number of H-pyrrole nitrogens is 1. The maximum Gasteiger partial charge on any atom is 0.229 e. The number of aromatic amines is 1. The van der Waals surface area contributed by atoms with E-state index in [0.717, 1.165) is 30.7 Å². The van der Waals surface area contributed by atoms with Crippen molar-refractivity contribution < 1.29 is 9.53 Å². The Morgan fingerprint density at radius 2 is 2.11 bits per heavy atom. The maximum absolute atomic E-state index is 13.0. The molecule has 138 valence electrons. The minimum Gasteiger partial charge on any atom is -0.491 e. The molecule has 3 unspecified atom stereocenters. The van der Waals surface area contributed by atoms with Gasteiger partial charge < -0.3 is 10.1 Å². The SMILES string of the molecule is CC1Cc2cn[nH]c2C(C(=O)NC2COc3ccc4ccccc4c3C2)C1. The third-order valence-electron chi connectivity index (χ3n) is 5.86. The van der Waals surface area contributed by atoms with Crippen LogP contribution in [0, 0.1) is 5.92 Å². The number of fused-ring (bicyclic) bond motifs is 4. The van der Waals surface area contributed by atoms with Gasteiger partial charge in [-0.05, 0) is 41.2 Å². The Morgan fingerprint density at radius 3 is 3.04 bits per heavy atom. The normalized spacial score (nSPS) is 24.0. The molecule has 0 fully saturated rings. The number of rotatable bonds is 2. The van der Waals surface area contributed by atoms with Gasteiger partial charge in [0.05, 0.1) is 23.9 Å². The van der Waals surface area contributed by atoms with Gasteiger partial charge in [0, 0.05) is 12.0 Å². The van der Waals surface area contributed by atoms with Crippen molar-refractivity contribution in [2.24, 2.45) is 5.92 Å². The first kappa shape index (κ1) is 16.4. The number of ether oxygens (including phenoxy) is 1. The highest BCUT2D eigenvalue weighted by atomic mass is 16.5. The molecule has 2 aromatic carbocycles. The van der Waals surface area contributed by atoms with Gasteiger partial charge in [-0.2, -0.15) is 5.10 Å². The van der Waals surface area contributed by atoms with E-state index in [1.165, 1.54) is 21.9 Å². The monoisotopic (exact) mass is 361 g/mol. The number of hydrogen-bond acceptors (Lipinski definition) is 3. The van der Waals surface area contributed by atoms with Crippen LogP contribution in [0.3, 0.4) is 0 Å². The van der Waals surface area contributed by atoms with Gasteiger partial charge in [-0.1, -0.05) is 37.3 Å². The van der Waals surface area contributed by atoms with Crippen molar-refractivity contribution in [3.63, 3.8) is 0 Å². The highest BCUT2D eigenvalue weighted by Crippen LogP contribution is 2.35. The topological polar surface area (TPSA) is 67.0 Å². The van der Waals surface area contributed by atoms with Gasteiger partial charge in [0.2, 0.25) is 5.91 Å². The lowest BCUT2D eigenvalue weighted by Crippen LogP contribution is -2.45. The number of hydrogen-bond donors (Lipinski definition) is 2. The van der Waals surface area contributed by atoms with E-state index in [9.17, 15) is 4.79 Å². The second-order valence-electron chi connectivity index (χ2n) is 7.89. The first-order chi connectivity index (χ1) is 13.2. The smallest absolute Gasteiger partial charge is 0.229 e. The molecule has 3 aromatic rings. The van der Waals surface area contributed by atoms with Crippen LogP contribution in [0.25, 0.3) is 10.8 Å². The number of carbonyl (C=O) groups is 1. The van der Waals surface area contributed by atoms with Crippen molar-refractivity contribution in [3.05, 3.63) is 59.4 Å². The first-order valence-electron chi connectivity index (χ1n) is 9.65. The fraction of sp³-hybridized carbons (Fsp3) is 0.364. The van der Waals surface area contributed by atoms with Crippen molar-refractivity contribution >= 4 is 16.7 Å². The fourth-order valence-corrected chi connectivity index (χ4v) is 4.55. The Hall–Kier alpha value is -2.82. The lowest BCUT2D eigenvalue weighted by Gasteiger charge is -2.30. The van der Waals surface area contributed by atoms with Crippen molar-refractivity contribution in [2.75, 3.05) is 6.61 Å². The van der Waals surface area contributed by atoms with Gasteiger partial charge in [0.15, 0.2) is 0 Å². The summed E-state index contributed by atoms with van der Waals surface area (Å²) in [5, 5.41) is 12.8. The van der Waals surface area contributed by atoms with E-state index in [2.05, 4.69) is 40.6 Å². The Bertz CT molecular complexity index is 1010. The average Bonchev–Trinajstić information content (AvgIpc) is 3.15. The predicted octanol–water partition coefficient (Wildman–Crippen LogP) is 3.35. The Morgan fingerprint density at radius 1 is 1.22 bits per heavy atom. The zero-order chi connectivity index (χ0) is 18.4. The zero-order valence-corrected chi connectivity index (χ0v) is 15.4. The van der Waals surface area contributed by atoms with Gasteiger partial charge >= 0.3 is 0 Å². The van der Waals surface area contributed by atoms with Gasteiger partial charge in [-0.25, -0.2) is 0 Å². The van der Waals surface area contributed by atoms with Gasteiger partial charge in [0.1, 0.15) is 12.4 Å². The highest BCUT2D eigenvalue weighted by molar-refractivity contribution is 5.88. The molecule has 0 radical (unpaired) electrons. The summed E-state index contributed by atoms with van der Waals surface area (Å²) >= 11 is 0. The standard InChI is InChI=1S/C22H23N3O2/c1-13-8-15-11-23-25-21(15)19(9-13)22(26)24-16-10-18-17-5-3-2-4-14(17)6-7-20(18)27-12-16/h2-7,11,13,16,19H,8-10,12H2,1H3,(H,23,25)(H,24,26). The molecule has 1 aromatic heterocycles. The molecule has 2 aliphatic rings. The highest BCUT2D eigenvalue weighted by Gasteiger charge is 2.33. The number of benzene rings is 2. The molecule has 2 heterocycles. The predicted molar refractivity (Wildman–Crippen MR) is 104 cm³/mol. The average molecular weight is 361 g/mol. The summed E-state index contributed by atoms with van der Waals surface area (Å²) in [4.78, 5) is 13.0. The molecule has 0 bridgehead atoms. The molecular formula is C22H23N3O2. The van der Waals surface area contributed by atoms with E-state index in [1.807, 2.05) is 24.4 Å². The molecule has 5 rings (SSSR count). The largest absolute Gasteiger partial charge is 0.491 e. The molecule has 2 N–H and O–H groups in total. The number of nitrogens with zero attached hydrogens (tertiary/aromatic N) is 1. The number of aromatic nitrogens is 2. The molecule has 1 aliphatic heterocycles. The van der Waals surface area contributed by atoms with Crippen LogP contribution in [0.5, 0.6) is 5.75 Å². The van der Waals surface area contributed by atoms with E-state index in [1.54, 1.807) is 0 Å². The van der Waals surface area contributed by atoms with Crippen molar-refractivity contribution in [1.29, 1.82) is 0 Å². The van der Waals surface area contributed by atoms with E-state index in [0.29, 0.717) is 12.5 Å². The van der Waals surface area contributed by atoms with Crippen LogP contribution in [0.15, 0.2) is 42.6 Å². The molecule has 27 heavy (non-hydrogen) atoms. The fourth-order valence-electron chi connectivity index (χ4n) is 4.55. The van der Waals surface area contributed by atoms with E-state index in [-0.39, 0.29) is 17.9 Å². The molecule has 5 heteroatoms. The molecule has 5 nitrogen and oxygen atoms in total. The lowest BCUT2D eigenvalue weighted by atomic mass is 9.81. The summed E-state index contributed by atoms with van der Waals surface area (Å²) in [7, 11) is 0. The van der Waals surface area contributed by atoms with Crippen LogP contribution in [-0.4, -0.2) is 28.8 Å².